The van der Waals surface area contributed by atoms with Crippen molar-refractivity contribution in [3.05, 3.63) is 74.7 Å². The molecule has 0 bridgehead atoms. The minimum Gasteiger partial charge on any atom is -0.455 e. The summed E-state index contributed by atoms with van der Waals surface area (Å²) in [6, 6.07) is 8.92. The molecule has 0 unspecified atom stereocenters. The van der Waals surface area contributed by atoms with Crippen LogP contribution in [0.25, 0.3) is 0 Å². The molecule has 0 saturated carbocycles. The van der Waals surface area contributed by atoms with Crippen LogP contribution in [-0.4, -0.2) is 16.9 Å². The molecule has 2 aromatic carbocycles. The van der Waals surface area contributed by atoms with E-state index in [1.807, 2.05) is 0 Å². The Bertz CT molecular complexity index is 1110. The highest BCUT2D eigenvalue weighted by molar-refractivity contribution is 7.14. The van der Waals surface area contributed by atoms with Crippen molar-refractivity contribution in [3.63, 3.8) is 0 Å². The minimum atomic E-state index is -4.55. The number of hydrogen-bond donors (Lipinski definition) is 0. The van der Waals surface area contributed by atoms with Crippen molar-refractivity contribution in [2.45, 2.75) is 19.7 Å². The van der Waals surface area contributed by atoms with Gasteiger partial charge < -0.3 is 4.74 Å². The molecule has 3 aromatic rings. The maximum absolute atomic E-state index is 13.0. The predicted molar refractivity (Wildman–Crippen MR) is 112 cm³/mol. The van der Waals surface area contributed by atoms with Crippen molar-refractivity contribution in [2.75, 3.05) is 4.90 Å². The van der Waals surface area contributed by atoms with Crippen LogP contribution in [0.5, 0.6) is 0 Å². The lowest BCUT2D eigenvalue weighted by Crippen LogP contribution is -2.23. The fourth-order valence-corrected chi connectivity index (χ4v) is 4.04. The summed E-state index contributed by atoms with van der Waals surface area (Å²) in [7, 11) is 0. The molecule has 162 valence electrons. The number of aromatic nitrogens is 1. The van der Waals surface area contributed by atoms with E-state index in [1.165, 1.54) is 36.6 Å². The van der Waals surface area contributed by atoms with Crippen LogP contribution in [0.3, 0.4) is 0 Å². The van der Waals surface area contributed by atoms with Crippen LogP contribution in [0.4, 0.5) is 24.0 Å². The Morgan fingerprint density at radius 2 is 1.77 bits per heavy atom. The van der Waals surface area contributed by atoms with E-state index in [2.05, 4.69) is 4.98 Å². The highest BCUT2D eigenvalue weighted by Crippen LogP contribution is 2.35. The summed E-state index contributed by atoms with van der Waals surface area (Å²) < 4.78 is 44.3. The SMILES string of the molecule is CC(=O)N(c1cccc(C(F)(F)F)c1)c1nc(COC(=O)c2c(Cl)cccc2Cl)cs1. The monoisotopic (exact) mass is 488 g/mol. The molecule has 11 heteroatoms. The van der Waals surface area contributed by atoms with E-state index in [4.69, 9.17) is 27.9 Å². The Morgan fingerprint density at radius 3 is 2.39 bits per heavy atom. The van der Waals surface area contributed by atoms with E-state index in [-0.39, 0.29) is 33.0 Å². The van der Waals surface area contributed by atoms with E-state index in [0.29, 0.717) is 5.69 Å². The summed E-state index contributed by atoms with van der Waals surface area (Å²) in [5.74, 6) is -1.29. The maximum Gasteiger partial charge on any atom is 0.416 e. The lowest BCUT2D eigenvalue weighted by Gasteiger charge is -2.19. The molecular weight excluding hydrogens is 476 g/mol. The van der Waals surface area contributed by atoms with Crippen molar-refractivity contribution in [1.29, 1.82) is 0 Å². The number of amides is 1. The first kappa shape index (κ1) is 23.1. The number of nitrogens with zero attached hydrogens (tertiary/aromatic N) is 2. The average Bonchev–Trinajstić information content (AvgIpc) is 3.14. The highest BCUT2D eigenvalue weighted by Gasteiger charge is 2.31. The second kappa shape index (κ2) is 9.25. The number of anilines is 2. The van der Waals surface area contributed by atoms with Crippen LogP contribution >= 0.6 is 34.5 Å². The first-order valence-electron chi connectivity index (χ1n) is 8.61. The van der Waals surface area contributed by atoms with Crippen molar-refractivity contribution >= 4 is 57.2 Å². The predicted octanol–water partition coefficient (Wildman–Crippen LogP) is 6.51. The number of carbonyl (C=O) groups excluding carboxylic acids is 2. The van der Waals surface area contributed by atoms with Gasteiger partial charge in [0.2, 0.25) is 5.91 Å². The molecule has 0 radical (unpaired) electrons. The van der Waals surface area contributed by atoms with Crippen molar-refractivity contribution in [1.82, 2.24) is 4.98 Å². The zero-order valence-electron chi connectivity index (χ0n) is 15.7. The van der Waals surface area contributed by atoms with Crippen LogP contribution in [-0.2, 0) is 22.3 Å². The summed E-state index contributed by atoms with van der Waals surface area (Å²) >= 11 is 13.0. The Hall–Kier alpha value is -2.62. The summed E-state index contributed by atoms with van der Waals surface area (Å²) in [6.45, 7) is 0.964. The Morgan fingerprint density at radius 1 is 1.13 bits per heavy atom. The second-order valence-electron chi connectivity index (χ2n) is 6.20. The molecule has 0 N–H and O–H groups in total. The molecular formula is C20H13Cl2F3N2O3S. The molecule has 0 aliphatic heterocycles. The highest BCUT2D eigenvalue weighted by atomic mass is 35.5. The summed E-state index contributed by atoms with van der Waals surface area (Å²) in [5, 5.41) is 1.92. The lowest BCUT2D eigenvalue weighted by molar-refractivity contribution is -0.137. The minimum absolute atomic E-state index is 0.00983. The molecule has 1 heterocycles. The third-order valence-electron chi connectivity index (χ3n) is 4.00. The number of carbonyl (C=O) groups is 2. The molecule has 3 rings (SSSR count). The molecule has 31 heavy (non-hydrogen) atoms. The first-order valence-corrected chi connectivity index (χ1v) is 10.2. The zero-order valence-corrected chi connectivity index (χ0v) is 18.1. The molecule has 0 spiro atoms. The summed E-state index contributed by atoms with van der Waals surface area (Å²) in [5.41, 5.74) is -0.563. The Labute approximate surface area is 189 Å². The van der Waals surface area contributed by atoms with Gasteiger partial charge >= 0.3 is 12.1 Å². The van der Waals surface area contributed by atoms with Gasteiger partial charge in [-0.15, -0.1) is 11.3 Å². The topological polar surface area (TPSA) is 59.5 Å². The number of ether oxygens (including phenoxy) is 1. The number of esters is 1. The van der Waals surface area contributed by atoms with Crippen molar-refractivity contribution in [3.8, 4) is 0 Å². The van der Waals surface area contributed by atoms with E-state index >= 15 is 0 Å². The summed E-state index contributed by atoms with van der Waals surface area (Å²) in [4.78, 5) is 29.7. The fourth-order valence-electron chi connectivity index (χ4n) is 2.62. The smallest absolute Gasteiger partial charge is 0.416 e. The number of benzene rings is 2. The number of halogens is 5. The number of hydrogen-bond acceptors (Lipinski definition) is 5. The number of alkyl halides is 3. The number of rotatable bonds is 5. The zero-order chi connectivity index (χ0) is 22.8. The third-order valence-corrected chi connectivity index (χ3v) is 5.50. The van der Waals surface area contributed by atoms with Gasteiger partial charge in [-0.2, -0.15) is 13.2 Å². The van der Waals surface area contributed by atoms with Gasteiger partial charge in [0.15, 0.2) is 5.13 Å². The second-order valence-corrected chi connectivity index (χ2v) is 7.85. The molecule has 0 fully saturated rings. The van der Waals surface area contributed by atoms with Gasteiger partial charge in [0.05, 0.1) is 32.6 Å². The van der Waals surface area contributed by atoms with Crippen molar-refractivity contribution in [2.24, 2.45) is 0 Å². The van der Waals surface area contributed by atoms with E-state index in [0.717, 1.165) is 28.4 Å². The van der Waals surface area contributed by atoms with Crippen LogP contribution in [0.1, 0.15) is 28.5 Å². The fraction of sp³-hybridized carbons (Fsp3) is 0.150. The van der Waals surface area contributed by atoms with Crippen LogP contribution in [0, 0.1) is 0 Å². The maximum atomic E-state index is 13.0. The van der Waals surface area contributed by atoms with Gasteiger partial charge in [0.25, 0.3) is 0 Å². The van der Waals surface area contributed by atoms with Crippen LogP contribution in [0.2, 0.25) is 10.0 Å². The molecule has 5 nitrogen and oxygen atoms in total. The van der Waals surface area contributed by atoms with E-state index < -0.39 is 23.6 Å². The molecule has 1 aromatic heterocycles. The van der Waals surface area contributed by atoms with Gasteiger partial charge in [0.1, 0.15) is 6.61 Å². The number of thiazole rings is 1. The van der Waals surface area contributed by atoms with Gasteiger partial charge in [-0.05, 0) is 30.3 Å². The first-order chi connectivity index (χ1) is 14.6. The van der Waals surface area contributed by atoms with E-state index in [9.17, 15) is 22.8 Å². The van der Waals surface area contributed by atoms with Gasteiger partial charge in [-0.3, -0.25) is 9.69 Å². The van der Waals surface area contributed by atoms with Gasteiger partial charge in [-0.1, -0.05) is 35.3 Å². The largest absolute Gasteiger partial charge is 0.455 e. The van der Waals surface area contributed by atoms with Gasteiger partial charge in [-0.25, -0.2) is 9.78 Å². The average molecular weight is 489 g/mol. The normalized spacial score (nSPS) is 11.3. The Kier molecular flexibility index (Phi) is 6.88. The van der Waals surface area contributed by atoms with Crippen molar-refractivity contribution < 1.29 is 27.5 Å². The molecule has 0 aliphatic carbocycles. The molecule has 1 amide bonds. The quantitative estimate of drug-likeness (QED) is 0.384. The third kappa shape index (κ3) is 5.36. The van der Waals surface area contributed by atoms with Gasteiger partial charge in [0, 0.05) is 12.3 Å². The van der Waals surface area contributed by atoms with Crippen LogP contribution in [0.15, 0.2) is 47.8 Å². The standard InChI is InChI=1S/C20H13Cl2F3N2O3S/c1-11(28)27(14-5-2-4-12(8-14)20(23,24)25)19-26-13(10-31-19)9-30-18(29)17-15(21)6-3-7-16(17)22/h2-8,10H,9H2,1H3. The molecule has 0 aliphatic rings. The Balaban J connectivity index is 1.80. The summed E-state index contributed by atoms with van der Waals surface area (Å²) in [6.07, 6.45) is -4.55. The molecule has 0 atom stereocenters. The molecule has 0 saturated heterocycles. The van der Waals surface area contributed by atoms with Crippen LogP contribution < -0.4 is 4.90 Å². The van der Waals surface area contributed by atoms with E-state index in [1.54, 1.807) is 6.07 Å². The lowest BCUT2D eigenvalue weighted by atomic mass is 10.2.